The van der Waals surface area contributed by atoms with Crippen LogP contribution in [0.1, 0.15) is 11.3 Å². The number of pyridine rings is 1. The fraction of sp³-hybridized carbons (Fsp3) is 0.235. The van der Waals surface area contributed by atoms with Gasteiger partial charge in [-0.05, 0) is 12.1 Å². The Balaban J connectivity index is 1.69. The Labute approximate surface area is 138 Å². The molecule has 4 rings (SSSR count). The van der Waals surface area contributed by atoms with Crippen molar-refractivity contribution >= 4 is 24.2 Å². The molecule has 2 aliphatic heterocycles. The quantitative estimate of drug-likeness (QED) is 0.783. The molecule has 0 saturated heterocycles. The summed E-state index contributed by atoms with van der Waals surface area (Å²) in [4.78, 5) is 10.5. The van der Waals surface area contributed by atoms with E-state index in [0.29, 0.717) is 6.54 Å². The van der Waals surface area contributed by atoms with E-state index in [9.17, 15) is 0 Å². The van der Waals surface area contributed by atoms with Crippen LogP contribution in [0, 0.1) is 12.3 Å². The van der Waals surface area contributed by atoms with Crippen molar-refractivity contribution < 1.29 is 0 Å². The molecule has 1 unspecified atom stereocenters. The van der Waals surface area contributed by atoms with Crippen molar-refractivity contribution in [2.75, 3.05) is 6.54 Å². The first-order chi connectivity index (χ1) is 11.3. The lowest BCUT2D eigenvalue weighted by atomic mass is 10.3. The number of aromatic nitrogens is 2. The Morgan fingerprint density at radius 3 is 3.09 bits per heavy atom. The van der Waals surface area contributed by atoms with Crippen LogP contribution >= 0.6 is 11.8 Å². The van der Waals surface area contributed by atoms with Crippen LogP contribution < -0.4 is 10.8 Å². The highest BCUT2D eigenvalue weighted by atomic mass is 32.2. The maximum Gasteiger partial charge on any atom is 0.143 e. The minimum Gasteiger partial charge on any atom is -0.327 e. The van der Waals surface area contributed by atoms with E-state index in [1.54, 1.807) is 16.8 Å². The Morgan fingerprint density at radius 2 is 2.30 bits per heavy atom. The summed E-state index contributed by atoms with van der Waals surface area (Å²) in [6, 6.07) is 5.99. The van der Waals surface area contributed by atoms with Gasteiger partial charge in [0.05, 0.1) is 16.5 Å². The molecule has 114 valence electrons. The van der Waals surface area contributed by atoms with Gasteiger partial charge in [-0.15, -0.1) is 6.42 Å². The molecule has 0 bridgehead atoms. The van der Waals surface area contributed by atoms with Crippen molar-refractivity contribution in [1.82, 2.24) is 14.6 Å². The lowest BCUT2D eigenvalue weighted by Crippen LogP contribution is -2.30. The summed E-state index contributed by atoms with van der Waals surface area (Å²) < 4.78 is 2.12. The van der Waals surface area contributed by atoms with Gasteiger partial charge in [0.1, 0.15) is 17.4 Å². The SMILES string of the molecule is C#CCN1C=c2c(c3c(n2C)=NC(Cc2ccccn2)S3)C=N1. The lowest BCUT2D eigenvalue weighted by Gasteiger charge is -2.14. The zero-order valence-electron chi connectivity index (χ0n) is 12.7. The lowest BCUT2D eigenvalue weighted by molar-refractivity contribution is 0.489. The minimum absolute atomic E-state index is 0.170. The largest absolute Gasteiger partial charge is 0.327 e. The summed E-state index contributed by atoms with van der Waals surface area (Å²) in [5, 5.41) is 7.44. The highest BCUT2D eigenvalue weighted by molar-refractivity contribution is 8.00. The number of nitrogens with zero attached hydrogens (tertiary/aromatic N) is 5. The number of fused-ring (bicyclic) bond motifs is 3. The first-order valence-electron chi connectivity index (χ1n) is 7.35. The molecule has 0 fully saturated rings. The zero-order chi connectivity index (χ0) is 15.8. The summed E-state index contributed by atoms with van der Waals surface area (Å²) in [5.74, 6) is 2.61. The summed E-state index contributed by atoms with van der Waals surface area (Å²) in [5.41, 5.74) is 3.22. The molecule has 23 heavy (non-hydrogen) atoms. The molecule has 0 aromatic carbocycles. The fourth-order valence-corrected chi connectivity index (χ4v) is 4.05. The van der Waals surface area contributed by atoms with Crippen LogP contribution in [-0.2, 0) is 13.5 Å². The molecular formula is C17H15N5S. The van der Waals surface area contributed by atoms with E-state index >= 15 is 0 Å². The summed E-state index contributed by atoms with van der Waals surface area (Å²) >= 11 is 1.78. The van der Waals surface area contributed by atoms with Gasteiger partial charge >= 0.3 is 0 Å². The zero-order valence-corrected chi connectivity index (χ0v) is 13.5. The van der Waals surface area contributed by atoms with Crippen molar-refractivity contribution in [2.24, 2.45) is 17.1 Å². The van der Waals surface area contributed by atoms with Crippen molar-refractivity contribution in [3.63, 3.8) is 0 Å². The van der Waals surface area contributed by atoms with Crippen molar-refractivity contribution in [3.8, 4) is 12.3 Å². The van der Waals surface area contributed by atoms with Crippen LogP contribution in [0.15, 0.2) is 39.4 Å². The van der Waals surface area contributed by atoms with E-state index in [1.165, 1.54) is 4.90 Å². The molecule has 0 radical (unpaired) electrons. The molecule has 6 heteroatoms. The molecule has 2 aromatic rings. The third-order valence-electron chi connectivity index (χ3n) is 3.89. The second-order valence-electron chi connectivity index (χ2n) is 5.41. The maximum absolute atomic E-state index is 5.36. The number of hydrogen-bond acceptors (Lipinski definition) is 5. The number of thioether (sulfide) groups is 1. The Hall–Kier alpha value is -2.52. The molecule has 0 spiro atoms. The van der Waals surface area contributed by atoms with Crippen LogP contribution in [0.3, 0.4) is 0 Å². The summed E-state index contributed by atoms with van der Waals surface area (Å²) in [6.45, 7) is 0.471. The number of hydrogen-bond donors (Lipinski definition) is 0. The van der Waals surface area contributed by atoms with Gasteiger partial charge in [0, 0.05) is 37.1 Å². The van der Waals surface area contributed by atoms with Gasteiger partial charge in [-0.3, -0.25) is 15.0 Å². The van der Waals surface area contributed by atoms with Gasteiger partial charge in [0.2, 0.25) is 0 Å². The molecule has 0 saturated carbocycles. The van der Waals surface area contributed by atoms with E-state index in [0.717, 1.165) is 28.5 Å². The van der Waals surface area contributed by atoms with E-state index < -0.39 is 0 Å². The van der Waals surface area contributed by atoms with Gasteiger partial charge in [0.25, 0.3) is 0 Å². The average molecular weight is 321 g/mol. The topological polar surface area (TPSA) is 45.8 Å². The third-order valence-corrected chi connectivity index (χ3v) is 5.07. The molecule has 5 nitrogen and oxygen atoms in total. The normalized spacial score (nSPS) is 17.9. The third kappa shape index (κ3) is 2.43. The monoisotopic (exact) mass is 321 g/mol. The number of rotatable bonds is 3. The molecule has 0 N–H and O–H groups in total. The Morgan fingerprint density at radius 1 is 1.39 bits per heavy atom. The van der Waals surface area contributed by atoms with Crippen LogP contribution in [-0.4, -0.2) is 32.7 Å². The van der Waals surface area contributed by atoms with Crippen LogP contribution in [0.4, 0.5) is 0 Å². The van der Waals surface area contributed by atoms with E-state index in [4.69, 9.17) is 11.4 Å². The van der Waals surface area contributed by atoms with Gasteiger partial charge in [-0.1, -0.05) is 23.7 Å². The molecule has 2 aromatic heterocycles. The molecule has 0 aliphatic carbocycles. The highest BCUT2D eigenvalue weighted by Gasteiger charge is 2.25. The summed E-state index contributed by atoms with van der Waals surface area (Å²) in [7, 11) is 2.04. The highest BCUT2D eigenvalue weighted by Crippen LogP contribution is 2.30. The van der Waals surface area contributed by atoms with Crippen molar-refractivity contribution in [3.05, 3.63) is 46.5 Å². The van der Waals surface area contributed by atoms with Gasteiger partial charge in [-0.25, -0.2) is 0 Å². The fourth-order valence-electron chi connectivity index (χ4n) is 2.80. The standard InChI is InChI=1S/C17H15N5S/c1-3-8-22-11-14-13(10-19-22)16-17(21(14)2)20-15(23-16)9-12-6-4-5-7-18-12/h1,4-7,10-11,15H,8-9H2,2H3. The predicted octanol–water partition coefficient (Wildman–Crippen LogP) is 0.735. The van der Waals surface area contributed by atoms with Gasteiger partial charge in [-0.2, -0.15) is 5.10 Å². The minimum atomic E-state index is 0.170. The van der Waals surface area contributed by atoms with Crippen molar-refractivity contribution in [1.29, 1.82) is 0 Å². The Bertz CT molecular complexity index is 936. The summed E-state index contributed by atoms with van der Waals surface area (Å²) in [6.07, 6.45) is 11.9. The molecular weight excluding hydrogens is 306 g/mol. The Kier molecular flexibility index (Phi) is 3.43. The number of terminal acetylenes is 1. The first-order valence-corrected chi connectivity index (χ1v) is 8.23. The molecule has 4 heterocycles. The maximum atomic E-state index is 5.36. The number of hydrazone groups is 1. The van der Waals surface area contributed by atoms with E-state index in [-0.39, 0.29) is 5.37 Å². The van der Waals surface area contributed by atoms with E-state index in [2.05, 4.69) is 20.6 Å². The second-order valence-corrected chi connectivity index (χ2v) is 6.60. The molecule has 0 amide bonds. The van der Waals surface area contributed by atoms with Crippen LogP contribution in [0.5, 0.6) is 0 Å². The predicted molar refractivity (Wildman–Crippen MR) is 91.4 cm³/mol. The molecule has 1 atom stereocenters. The van der Waals surface area contributed by atoms with Crippen molar-refractivity contribution in [2.45, 2.75) is 16.7 Å². The first kappa shape index (κ1) is 14.1. The average Bonchev–Trinajstić information content (AvgIpc) is 3.08. The van der Waals surface area contributed by atoms with E-state index in [1.807, 2.05) is 43.9 Å². The van der Waals surface area contributed by atoms with Gasteiger partial charge in [0.15, 0.2) is 0 Å². The van der Waals surface area contributed by atoms with Gasteiger partial charge < -0.3 is 4.57 Å². The smallest absolute Gasteiger partial charge is 0.143 e. The van der Waals surface area contributed by atoms with Crippen LogP contribution in [0.2, 0.25) is 0 Å². The van der Waals surface area contributed by atoms with Crippen LogP contribution in [0.25, 0.3) is 6.20 Å². The molecule has 2 aliphatic rings. The second kappa shape index (κ2) is 5.60.